The van der Waals surface area contributed by atoms with E-state index >= 15 is 0 Å². The largest absolute Gasteiger partial charge is 0.484 e. The molecule has 0 atom stereocenters. The summed E-state index contributed by atoms with van der Waals surface area (Å²) in [5.41, 5.74) is 7.49. The van der Waals surface area contributed by atoms with Gasteiger partial charge in [0, 0.05) is 11.3 Å². The van der Waals surface area contributed by atoms with Crippen molar-refractivity contribution in [2.24, 2.45) is 0 Å². The molecule has 0 fully saturated rings. The Labute approximate surface area is 173 Å². The van der Waals surface area contributed by atoms with E-state index in [4.69, 9.17) is 9.15 Å². The van der Waals surface area contributed by atoms with E-state index in [1.54, 1.807) is 24.3 Å². The maximum atomic E-state index is 12.2. The van der Waals surface area contributed by atoms with Crippen LogP contribution < -0.4 is 20.9 Å². The zero-order valence-electron chi connectivity index (χ0n) is 16.5. The van der Waals surface area contributed by atoms with Gasteiger partial charge in [0.05, 0.1) is 6.26 Å². The first-order valence-electron chi connectivity index (χ1n) is 9.16. The molecule has 0 spiro atoms. The highest BCUT2D eigenvalue weighted by molar-refractivity contribution is 6.02. The van der Waals surface area contributed by atoms with Crippen molar-refractivity contribution < 1.29 is 23.5 Å². The van der Waals surface area contributed by atoms with Gasteiger partial charge in [-0.15, -0.1) is 0 Å². The van der Waals surface area contributed by atoms with E-state index in [-0.39, 0.29) is 12.4 Å². The molecule has 3 rings (SSSR count). The minimum atomic E-state index is -0.501. The number of hydrogen-bond donors (Lipinski definition) is 3. The van der Waals surface area contributed by atoms with Gasteiger partial charge in [0.1, 0.15) is 5.75 Å². The number of aryl methyl sites for hydroxylation is 2. The lowest BCUT2D eigenvalue weighted by molar-refractivity contribution is -0.123. The van der Waals surface area contributed by atoms with Crippen LogP contribution >= 0.6 is 0 Å². The number of carbonyl (C=O) groups is 3. The molecule has 0 saturated heterocycles. The van der Waals surface area contributed by atoms with Crippen LogP contribution in [0.2, 0.25) is 0 Å². The Morgan fingerprint density at radius 3 is 2.23 bits per heavy atom. The summed E-state index contributed by atoms with van der Waals surface area (Å²) in [6.07, 6.45) is 1.41. The summed E-state index contributed by atoms with van der Waals surface area (Å²) >= 11 is 0. The predicted molar refractivity (Wildman–Crippen MR) is 110 cm³/mol. The monoisotopic (exact) mass is 407 g/mol. The first-order chi connectivity index (χ1) is 14.4. The van der Waals surface area contributed by atoms with Gasteiger partial charge in [0.2, 0.25) is 0 Å². The summed E-state index contributed by atoms with van der Waals surface area (Å²) in [7, 11) is 0. The highest BCUT2D eigenvalue weighted by Gasteiger charge is 2.11. The molecule has 1 aromatic heterocycles. The lowest BCUT2D eigenvalue weighted by atomic mass is 10.1. The molecule has 0 aliphatic carbocycles. The number of carbonyl (C=O) groups excluding carboxylic acids is 3. The molecule has 30 heavy (non-hydrogen) atoms. The van der Waals surface area contributed by atoms with Gasteiger partial charge in [-0.2, -0.15) is 0 Å². The van der Waals surface area contributed by atoms with Gasteiger partial charge in [-0.05, 0) is 73.5 Å². The van der Waals surface area contributed by atoms with E-state index in [0.717, 1.165) is 11.1 Å². The normalized spacial score (nSPS) is 10.2. The molecule has 0 aliphatic rings. The molecule has 2 aromatic carbocycles. The van der Waals surface area contributed by atoms with E-state index in [1.165, 1.54) is 18.4 Å². The van der Waals surface area contributed by atoms with Crippen LogP contribution in [-0.2, 0) is 4.79 Å². The molecule has 3 amide bonds. The van der Waals surface area contributed by atoms with Crippen LogP contribution in [0.15, 0.2) is 65.3 Å². The Morgan fingerprint density at radius 2 is 1.60 bits per heavy atom. The van der Waals surface area contributed by atoms with Gasteiger partial charge in [-0.1, -0.05) is 6.07 Å². The Morgan fingerprint density at radius 1 is 0.900 bits per heavy atom. The number of amides is 3. The lowest BCUT2D eigenvalue weighted by Gasteiger charge is -2.10. The third kappa shape index (κ3) is 5.71. The number of anilines is 1. The molecule has 1 heterocycles. The van der Waals surface area contributed by atoms with Crippen molar-refractivity contribution in [2.45, 2.75) is 13.8 Å². The zero-order chi connectivity index (χ0) is 21.5. The van der Waals surface area contributed by atoms with Gasteiger partial charge in [-0.25, -0.2) is 0 Å². The third-order valence-corrected chi connectivity index (χ3v) is 4.03. The van der Waals surface area contributed by atoms with Gasteiger partial charge in [0.15, 0.2) is 12.4 Å². The molecular formula is C22H21N3O5. The SMILES string of the molecule is Cc1cc(C)cc(OCC(=O)NNC(=O)c2ccc(NC(=O)c3ccco3)cc2)c1. The second-order valence-corrected chi connectivity index (χ2v) is 6.62. The van der Waals surface area contributed by atoms with Crippen LogP contribution in [0.5, 0.6) is 5.75 Å². The predicted octanol–water partition coefficient (Wildman–Crippen LogP) is 2.99. The molecule has 8 heteroatoms. The summed E-state index contributed by atoms with van der Waals surface area (Å²) in [5, 5.41) is 2.65. The molecule has 0 unspecified atom stereocenters. The average Bonchev–Trinajstić information content (AvgIpc) is 3.25. The minimum absolute atomic E-state index is 0.183. The minimum Gasteiger partial charge on any atom is -0.484 e. The topological polar surface area (TPSA) is 110 Å². The fraction of sp³-hybridized carbons (Fsp3) is 0.136. The Hall–Kier alpha value is -4.07. The number of hydrazine groups is 1. The Kier molecular flexibility index (Phi) is 6.49. The van der Waals surface area contributed by atoms with Gasteiger partial charge in [-0.3, -0.25) is 25.2 Å². The van der Waals surface area contributed by atoms with Crippen molar-refractivity contribution >= 4 is 23.4 Å². The van der Waals surface area contributed by atoms with Crippen LogP contribution in [0.25, 0.3) is 0 Å². The number of ether oxygens (including phenoxy) is 1. The van der Waals surface area contributed by atoms with E-state index in [0.29, 0.717) is 17.0 Å². The zero-order valence-corrected chi connectivity index (χ0v) is 16.5. The fourth-order valence-corrected chi connectivity index (χ4v) is 2.71. The van der Waals surface area contributed by atoms with E-state index in [2.05, 4.69) is 16.2 Å². The highest BCUT2D eigenvalue weighted by atomic mass is 16.5. The molecule has 0 bridgehead atoms. The van der Waals surface area contributed by atoms with Crippen LogP contribution in [0, 0.1) is 13.8 Å². The molecule has 154 valence electrons. The summed E-state index contributed by atoms with van der Waals surface area (Å²) in [4.78, 5) is 36.0. The summed E-state index contributed by atoms with van der Waals surface area (Å²) in [6.45, 7) is 3.64. The van der Waals surface area contributed by atoms with Crippen LogP contribution in [0.3, 0.4) is 0 Å². The Balaban J connectivity index is 1.46. The first-order valence-corrected chi connectivity index (χ1v) is 9.16. The number of hydrogen-bond acceptors (Lipinski definition) is 5. The van der Waals surface area contributed by atoms with Crippen molar-refractivity contribution in [3.63, 3.8) is 0 Å². The fourth-order valence-electron chi connectivity index (χ4n) is 2.71. The second kappa shape index (κ2) is 9.42. The third-order valence-electron chi connectivity index (χ3n) is 4.03. The van der Waals surface area contributed by atoms with Crippen molar-refractivity contribution in [3.05, 3.63) is 83.3 Å². The van der Waals surface area contributed by atoms with Crippen molar-refractivity contribution in [1.29, 1.82) is 0 Å². The van der Waals surface area contributed by atoms with Gasteiger partial charge in [0.25, 0.3) is 17.7 Å². The van der Waals surface area contributed by atoms with Gasteiger partial charge >= 0.3 is 0 Å². The van der Waals surface area contributed by atoms with E-state index in [9.17, 15) is 14.4 Å². The summed E-state index contributed by atoms with van der Waals surface area (Å²) < 4.78 is 10.5. The van der Waals surface area contributed by atoms with Crippen molar-refractivity contribution in [3.8, 4) is 5.75 Å². The maximum Gasteiger partial charge on any atom is 0.291 e. The number of benzene rings is 2. The first kappa shape index (κ1) is 20.7. The van der Waals surface area contributed by atoms with Crippen molar-refractivity contribution in [2.75, 3.05) is 11.9 Å². The van der Waals surface area contributed by atoms with Crippen molar-refractivity contribution in [1.82, 2.24) is 10.9 Å². The summed E-state index contributed by atoms with van der Waals surface area (Å²) in [5.74, 6) is -0.625. The van der Waals surface area contributed by atoms with Crippen LogP contribution in [-0.4, -0.2) is 24.3 Å². The lowest BCUT2D eigenvalue weighted by Crippen LogP contribution is -2.43. The van der Waals surface area contributed by atoms with Gasteiger partial charge < -0.3 is 14.5 Å². The summed E-state index contributed by atoms with van der Waals surface area (Å²) in [6, 6.07) is 15.0. The average molecular weight is 407 g/mol. The Bertz CT molecular complexity index is 1020. The maximum absolute atomic E-state index is 12.2. The number of rotatable bonds is 6. The molecule has 0 aliphatic heterocycles. The smallest absolute Gasteiger partial charge is 0.291 e. The standard InChI is InChI=1S/C22H21N3O5/c1-14-10-15(2)12-18(11-14)30-13-20(26)24-25-21(27)16-5-7-17(8-6-16)23-22(28)19-4-3-9-29-19/h3-12H,13H2,1-2H3,(H,23,28)(H,24,26)(H,25,27). The molecule has 0 radical (unpaired) electrons. The molecule has 0 saturated carbocycles. The molecular weight excluding hydrogens is 386 g/mol. The second-order valence-electron chi connectivity index (χ2n) is 6.62. The van der Waals surface area contributed by atoms with E-state index in [1.807, 2.05) is 32.0 Å². The quantitative estimate of drug-likeness (QED) is 0.544. The molecule has 3 aromatic rings. The van der Waals surface area contributed by atoms with Crippen LogP contribution in [0.4, 0.5) is 5.69 Å². The number of furan rings is 1. The number of nitrogens with one attached hydrogen (secondary N) is 3. The van der Waals surface area contributed by atoms with E-state index < -0.39 is 17.7 Å². The molecule has 3 N–H and O–H groups in total. The van der Waals surface area contributed by atoms with Crippen LogP contribution in [0.1, 0.15) is 32.0 Å². The molecule has 8 nitrogen and oxygen atoms in total. The highest BCUT2D eigenvalue weighted by Crippen LogP contribution is 2.16.